The third-order valence-electron chi connectivity index (χ3n) is 3.52. The fourth-order valence-corrected chi connectivity index (χ4v) is 2.71. The molecule has 0 atom stereocenters. The molecule has 0 spiro atoms. The summed E-state index contributed by atoms with van der Waals surface area (Å²) in [5, 5.41) is 15.1. The zero-order valence-electron chi connectivity index (χ0n) is 13.3. The number of nitrogens with zero attached hydrogens (tertiary/aromatic N) is 4. The van der Waals surface area contributed by atoms with Crippen LogP contribution in [-0.2, 0) is 11.3 Å². The summed E-state index contributed by atoms with van der Waals surface area (Å²) >= 11 is 3.46. The van der Waals surface area contributed by atoms with Crippen LogP contribution in [0.2, 0.25) is 0 Å². The molecule has 0 saturated carbocycles. The highest BCUT2D eigenvalue weighted by atomic mass is 79.9. The molecule has 0 aliphatic carbocycles. The molecule has 1 amide bonds. The van der Waals surface area contributed by atoms with E-state index >= 15 is 0 Å². The average molecular weight is 386 g/mol. The van der Waals surface area contributed by atoms with E-state index in [4.69, 9.17) is 0 Å². The Morgan fingerprint density at radius 3 is 2.79 bits per heavy atom. The van der Waals surface area contributed by atoms with Crippen molar-refractivity contribution in [3.63, 3.8) is 0 Å². The molecule has 0 unspecified atom stereocenters. The van der Waals surface area contributed by atoms with E-state index in [2.05, 4.69) is 36.7 Å². The summed E-state index contributed by atoms with van der Waals surface area (Å²) in [5.41, 5.74) is 3.73. The molecule has 0 fully saturated rings. The van der Waals surface area contributed by atoms with Gasteiger partial charge in [0.25, 0.3) is 0 Å². The molecule has 0 aliphatic heterocycles. The van der Waals surface area contributed by atoms with E-state index in [-0.39, 0.29) is 12.5 Å². The van der Waals surface area contributed by atoms with Crippen molar-refractivity contribution in [2.24, 2.45) is 0 Å². The first-order chi connectivity index (χ1) is 11.5. The van der Waals surface area contributed by atoms with Crippen molar-refractivity contribution in [2.45, 2.75) is 20.4 Å². The van der Waals surface area contributed by atoms with Gasteiger partial charge in [0, 0.05) is 15.7 Å². The van der Waals surface area contributed by atoms with E-state index in [1.807, 2.05) is 56.3 Å². The Bertz CT molecular complexity index is 890. The Balaban J connectivity index is 1.72. The lowest BCUT2D eigenvalue weighted by Gasteiger charge is -2.08. The summed E-state index contributed by atoms with van der Waals surface area (Å²) in [6.07, 6.45) is 0. The lowest BCUT2D eigenvalue weighted by molar-refractivity contribution is -0.117. The number of aryl methyl sites for hydroxylation is 2. The molecular weight excluding hydrogens is 370 g/mol. The first-order valence-corrected chi connectivity index (χ1v) is 8.22. The molecule has 1 N–H and O–H groups in total. The largest absolute Gasteiger partial charge is 0.324 e. The van der Waals surface area contributed by atoms with Gasteiger partial charge in [0.1, 0.15) is 6.54 Å². The van der Waals surface area contributed by atoms with Crippen LogP contribution < -0.4 is 5.32 Å². The van der Waals surface area contributed by atoms with Crippen molar-refractivity contribution in [2.75, 3.05) is 5.32 Å². The summed E-state index contributed by atoms with van der Waals surface area (Å²) in [6.45, 7) is 3.94. The van der Waals surface area contributed by atoms with Gasteiger partial charge in [-0.3, -0.25) is 4.79 Å². The molecule has 7 heteroatoms. The Kier molecular flexibility index (Phi) is 4.71. The van der Waals surface area contributed by atoms with Gasteiger partial charge < -0.3 is 5.32 Å². The molecule has 3 aromatic rings. The van der Waals surface area contributed by atoms with E-state index < -0.39 is 0 Å². The summed E-state index contributed by atoms with van der Waals surface area (Å²) in [6, 6.07) is 13.5. The highest BCUT2D eigenvalue weighted by Gasteiger charge is 2.12. The highest BCUT2D eigenvalue weighted by Crippen LogP contribution is 2.24. The Labute approximate surface area is 148 Å². The summed E-state index contributed by atoms with van der Waals surface area (Å²) in [5.74, 6) is 0.279. The van der Waals surface area contributed by atoms with Gasteiger partial charge in [0.2, 0.25) is 11.7 Å². The van der Waals surface area contributed by atoms with Gasteiger partial charge in [0.15, 0.2) is 0 Å². The average Bonchev–Trinajstić information content (AvgIpc) is 2.99. The van der Waals surface area contributed by atoms with Crippen molar-refractivity contribution in [3.05, 3.63) is 58.1 Å². The molecule has 3 rings (SSSR count). The minimum atomic E-state index is -0.195. The van der Waals surface area contributed by atoms with Crippen LogP contribution >= 0.6 is 15.9 Å². The molecule has 2 aromatic carbocycles. The topological polar surface area (TPSA) is 72.7 Å². The van der Waals surface area contributed by atoms with Gasteiger partial charge in [-0.2, -0.15) is 4.80 Å². The summed E-state index contributed by atoms with van der Waals surface area (Å²) in [7, 11) is 0. The number of benzene rings is 2. The van der Waals surface area contributed by atoms with E-state index in [0.29, 0.717) is 5.82 Å². The number of rotatable bonds is 4. The second-order valence-corrected chi connectivity index (χ2v) is 6.34. The first kappa shape index (κ1) is 16.3. The smallest absolute Gasteiger partial charge is 0.248 e. The van der Waals surface area contributed by atoms with Gasteiger partial charge >= 0.3 is 0 Å². The zero-order valence-corrected chi connectivity index (χ0v) is 14.9. The predicted octanol–water partition coefficient (Wildman–Crippen LogP) is 3.36. The number of tetrazole rings is 1. The van der Waals surface area contributed by atoms with Crippen molar-refractivity contribution < 1.29 is 4.79 Å². The number of aromatic nitrogens is 4. The third-order valence-corrected chi connectivity index (χ3v) is 4.21. The van der Waals surface area contributed by atoms with E-state index in [0.717, 1.165) is 26.9 Å². The lowest BCUT2D eigenvalue weighted by atomic mass is 10.1. The fraction of sp³-hybridized carbons (Fsp3) is 0.176. The number of nitrogens with one attached hydrogen (secondary N) is 1. The number of hydrogen-bond donors (Lipinski definition) is 1. The standard InChI is InChI=1S/C17H16BrN5O/c1-11-7-8-12(2)15(9-11)19-16(24)10-23-21-17(20-22-23)13-5-3-4-6-14(13)18/h3-9H,10H2,1-2H3,(H,19,24). The van der Waals surface area contributed by atoms with Crippen molar-refractivity contribution in [1.82, 2.24) is 20.2 Å². The monoisotopic (exact) mass is 385 g/mol. The molecule has 6 nitrogen and oxygen atoms in total. The van der Waals surface area contributed by atoms with Crippen LogP contribution in [0.1, 0.15) is 11.1 Å². The SMILES string of the molecule is Cc1ccc(C)c(NC(=O)Cn2nnc(-c3ccccc3Br)n2)c1. The van der Waals surface area contributed by atoms with Crippen LogP contribution in [0.25, 0.3) is 11.4 Å². The number of halogens is 1. The Morgan fingerprint density at radius 2 is 2.00 bits per heavy atom. The molecule has 24 heavy (non-hydrogen) atoms. The van der Waals surface area contributed by atoms with Gasteiger partial charge in [-0.1, -0.05) is 40.2 Å². The first-order valence-electron chi connectivity index (χ1n) is 7.43. The maximum Gasteiger partial charge on any atom is 0.248 e. The van der Waals surface area contributed by atoms with Crippen LogP contribution in [0.3, 0.4) is 0 Å². The second kappa shape index (κ2) is 6.92. The van der Waals surface area contributed by atoms with Gasteiger partial charge in [0.05, 0.1) is 0 Å². The lowest BCUT2D eigenvalue weighted by Crippen LogP contribution is -2.21. The molecule has 1 aromatic heterocycles. The molecular formula is C17H16BrN5O. The molecule has 0 saturated heterocycles. The number of hydrogen-bond acceptors (Lipinski definition) is 4. The Hall–Kier alpha value is -2.54. The maximum absolute atomic E-state index is 12.2. The minimum Gasteiger partial charge on any atom is -0.324 e. The van der Waals surface area contributed by atoms with Gasteiger partial charge in [-0.05, 0) is 48.4 Å². The Morgan fingerprint density at radius 1 is 1.21 bits per heavy atom. The van der Waals surface area contributed by atoms with Crippen LogP contribution in [-0.4, -0.2) is 26.1 Å². The van der Waals surface area contributed by atoms with E-state index in [9.17, 15) is 4.79 Å². The van der Waals surface area contributed by atoms with Crippen LogP contribution in [0, 0.1) is 13.8 Å². The van der Waals surface area contributed by atoms with E-state index in [1.54, 1.807) is 0 Å². The molecule has 0 aliphatic rings. The number of carbonyl (C=O) groups is 1. The molecule has 0 radical (unpaired) electrons. The van der Waals surface area contributed by atoms with Gasteiger partial charge in [-0.15, -0.1) is 10.2 Å². The summed E-state index contributed by atoms with van der Waals surface area (Å²) in [4.78, 5) is 13.5. The van der Waals surface area contributed by atoms with Crippen molar-refractivity contribution in [3.8, 4) is 11.4 Å². The highest BCUT2D eigenvalue weighted by molar-refractivity contribution is 9.10. The number of anilines is 1. The summed E-state index contributed by atoms with van der Waals surface area (Å²) < 4.78 is 0.879. The zero-order chi connectivity index (χ0) is 17.1. The van der Waals surface area contributed by atoms with Crippen molar-refractivity contribution in [1.29, 1.82) is 0 Å². The van der Waals surface area contributed by atoms with E-state index in [1.165, 1.54) is 4.80 Å². The second-order valence-electron chi connectivity index (χ2n) is 5.49. The number of carbonyl (C=O) groups excluding carboxylic acids is 1. The minimum absolute atomic E-state index is 0.00480. The van der Waals surface area contributed by atoms with Gasteiger partial charge in [-0.25, -0.2) is 0 Å². The quantitative estimate of drug-likeness (QED) is 0.747. The fourth-order valence-electron chi connectivity index (χ4n) is 2.25. The normalized spacial score (nSPS) is 10.6. The van der Waals surface area contributed by atoms with Crippen LogP contribution in [0.4, 0.5) is 5.69 Å². The van der Waals surface area contributed by atoms with Crippen LogP contribution in [0.5, 0.6) is 0 Å². The predicted molar refractivity (Wildman–Crippen MR) is 95.5 cm³/mol. The molecule has 1 heterocycles. The maximum atomic E-state index is 12.2. The molecule has 122 valence electrons. The number of amides is 1. The van der Waals surface area contributed by atoms with Crippen molar-refractivity contribution >= 4 is 27.5 Å². The third kappa shape index (κ3) is 3.68. The molecule has 0 bridgehead atoms. The van der Waals surface area contributed by atoms with Crippen LogP contribution in [0.15, 0.2) is 46.9 Å².